The Morgan fingerprint density at radius 2 is 1.71 bits per heavy atom. The van der Waals surface area contributed by atoms with Gasteiger partial charge in [0, 0.05) is 41.1 Å². The van der Waals surface area contributed by atoms with Crippen LogP contribution < -0.4 is 10.2 Å². The van der Waals surface area contributed by atoms with E-state index in [1.54, 1.807) is 12.1 Å². The summed E-state index contributed by atoms with van der Waals surface area (Å²) in [5, 5.41) is 3.63. The van der Waals surface area contributed by atoms with Crippen LogP contribution in [0.1, 0.15) is 24.2 Å². The Morgan fingerprint density at radius 3 is 2.29 bits per heavy atom. The van der Waals surface area contributed by atoms with Crippen molar-refractivity contribution in [3.8, 4) is 0 Å². The van der Waals surface area contributed by atoms with E-state index in [-0.39, 0.29) is 11.8 Å². The molecule has 3 rings (SSSR count). The maximum absolute atomic E-state index is 12.4. The number of aromatic nitrogens is 2. The zero-order chi connectivity index (χ0) is 17.1. The Hall–Kier alpha value is -2.14. The molecular weight excluding hydrogens is 324 g/mol. The predicted octanol–water partition coefficient (Wildman–Crippen LogP) is 3.60. The van der Waals surface area contributed by atoms with E-state index < -0.39 is 0 Å². The first-order valence-corrected chi connectivity index (χ1v) is 8.53. The lowest BCUT2D eigenvalue weighted by Crippen LogP contribution is -2.39. The third-order valence-electron chi connectivity index (χ3n) is 4.23. The molecule has 1 N–H and O–H groups in total. The third-order valence-corrected chi connectivity index (χ3v) is 4.48. The van der Waals surface area contributed by atoms with Gasteiger partial charge in [-0.1, -0.05) is 11.6 Å². The van der Waals surface area contributed by atoms with E-state index in [1.165, 1.54) is 0 Å². The second-order valence-corrected chi connectivity index (χ2v) is 6.64. The maximum atomic E-state index is 12.4. The number of aryl methyl sites for hydroxylation is 2. The average molecular weight is 345 g/mol. The van der Waals surface area contributed by atoms with E-state index in [0.717, 1.165) is 49.0 Å². The minimum absolute atomic E-state index is 0.0165. The Kier molecular flexibility index (Phi) is 5.00. The van der Waals surface area contributed by atoms with Gasteiger partial charge < -0.3 is 10.2 Å². The summed E-state index contributed by atoms with van der Waals surface area (Å²) in [5.74, 6) is 0.852. The molecule has 6 heteroatoms. The summed E-state index contributed by atoms with van der Waals surface area (Å²) < 4.78 is 0. The van der Waals surface area contributed by atoms with Gasteiger partial charge in [-0.25, -0.2) is 9.97 Å². The van der Waals surface area contributed by atoms with Gasteiger partial charge >= 0.3 is 0 Å². The minimum atomic E-state index is 0.0165. The molecule has 2 aromatic rings. The van der Waals surface area contributed by atoms with Crippen molar-refractivity contribution < 1.29 is 4.79 Å². The summed E-state index contributed by atoms with van der Waals surface area (Å²) in [5.41, 5.74) is 2.73. The summed E-state index contributed by atoms with van der Waals surface area (Å²) in [6, 6.07) is 9.15. The molecule has 1 amide bonds. The van der Waals surface area contributed by atoms with Crippen LogP contribution in [0.5, 0.6) is 0 Å². The molecule has 0 aliphatic carbocycles. The van der Waals surface area contributed by atoms with Crippen molar-refractivity contribution in [2.45, 2.75) is 26.7 Å². The van der Waals surface area contributed by atoms with Crippen LogP contribution in [0.2, 0.25) is 5.02 Å². The number of carbonyl (C=O) groups is 1. The zero-order valence-electron chi connectivity index (χ0n) is 13.9. The van der Waals surface area contributed by atoms with Crippen molar-refractivity contribution >= 4 is 29.1 Å². The number of halogens is 1. The fourth-order valence-corrected chi connectivity index (χ4v) is 3.09. The third kappa shape index (κ3) is 4.03. The van der Waals surface area contributed by atoms with E-state index >= 15 is 0 Å². The second kappa shape index (κ2) is 7.18. The molecule has 2 heterocycles. The van der Waals surface area contributed by atoms with Crippen LogP contribution in [0.25, 0.3) is 0 Å². The molecule has 126 valence electrons. The number of anilines is 2. The lowest BCUT2D eigenvalue weighted by atomic mass is 9.96. The van der Waals surface area contributed by atoms with Crippen LogP contribution in [0, 0.1) is 19.8 Å². The minimum Gasteiger partial charge on any atom is -0.341 e. The van der Waals surface area contributed by atoms with E-state index in [2.05, 4.69) is 20.2 Å². The summed E-state index contributed by atoms with van der Waals surface area (Å²) in [6.45, 7) is 5.54. The second-order valence-electron chi connectivity index (χ2n) is 6.21. The summed E-state index contributed by atoms with van der Waals surface area (Å²) in [7, 11) is 0. The molecule has 24 heavy (non-hydrogen) atoms. The highest BCUT2D eigenvalue weighted by atomic mass is 35.5. The molecule has 1 aliphatic rings. The average Bonchev–Trinajstić information content (AvgIpc) is 2.56. The first kappa shape index (κ1) is 16.7. The van der Waals surface area contributed by atoms with Crippen molar-refractivity contribution in [1.29, 1.82) is 0 Å². The molecule has 1 aliphatic heterocycles. The van der Waals surface area contributed by atoms with Crippen LogP contribution in [-0.2, 0) is 4.79 Å². The van der Waals surface area contributed by atoms with E-state index in [0.29, 0.717) is 5.02 Å². The Balaban J connectivity index is 1.58. The molecule has 0 saturated carbocycles. The van der Waals surface area contributed by atoms with Crippen LogP contribution in [0.4, 0.5) is 11.6 Å². The lowest BCUT2D eigenvalue weighted by Gasteiger charge is -2.31. The number of benzene rings is 1. The smallest absolute Gasteiger partial charge is 0.227 e. The standard InChI is InChI=1S/C18H21ClN4O/c1-12-11-13(2)21-18(20-12)23-9-7-14(8-10-23)17(24)22-16-5-3-15(19)4-6-16/h3-6,11,14H,7-10H2,1-2H3,(H,22,24). The van der Waals surface area contributed by atoms with Gasteiger partial charge in [0.15, 0.2) is 0 Å². The molecule has 1 fully saturated rings. The van der Waals surface area contributed by atoms with Gasteiger partial charge in [0.1, 0.15) is 0 Å². The van der Waals surface area contributed by atoms with Gasteiger partial charge in [0.25, 0.3) is 0 Å². The summed E-state index contributed by atoms with van der Waals surface area (Å²) in [4.78, 5) is 23.6. The van der Waals surface area contributed by atoms with Crippen LogP contribution >= 0.6 is 11.6 Å². The van der Waals surface area contributed by atoms with E-state index in [4.69, 9.17) is 11.6 Å². The first-order valence-electron chi connectivity index (χ1n) is 8.15. The highest BCUT2D eigenvalue weighted by molar-refractivity contribution is 6.30. The molecule has 1 aromatic carbocycles. The van der Waals surface area contributed by atoms with Crippen molar-refractivity contribution in [3.05, 3.63) is 46.7 Å². The monoisotopic (exact) mass is 344 g/mol. The van der Waals surface area contributed by atoms with Crippen molar-refractivity contribution in [3.63, 3.8) is 0 Å². The lowest BCUT2D eigenvalue weighted by molar-refractivity contribution is -0.120. The van der Waals surface area contributed by atoms with E-state index in [1.807, 2.05) is 32.0 Å². The van der Waals surface area contributed by atoms with Crippen LogP contribution in [0.15, 0.2) is 30.3 Å². The number of nitrogens with zero attached hydrogens (tertiary/aromatic N) is 3. The zero-order valence-corrected chi connectivity index (χ0v) is 14.7. The fourth-order valence-electron chi connectivity index (χ4n) is 2.97. The van der Waals surface area contributed by atoms with Gasteiger partial charge in [-0.3, -0.25) is 4.79 Å². The number of hydrogen-bond donors (Lipinski definition) is 1. The van der Waals surface area contributed by atoms with E-state index in [9.17, 15) is 4.79 Å². The Bertz CT molecular complexity index is 704. The largest absolute Gasteiger partial charge is 0.341 e. The highest BCUT2D eigenvalue weighted by Crippen LogP contribution is 2.23. The summed E-state index contributed by atoms with van der Waals surface area (Å²) >= 11 is 5.86. The van der Waals surface area contributed by atoms with Crippen molar-refractivity contribution in [2.75, 3.05) is 23.3 Å². The molecule has 0 radical (unpaired) electrons. The molecule has 1 aromatic heterocycles. The Morgan fingerprint density at radius 1 is 1.12 bits per heavy atom. The topological polar surface area (TPSA) is 58.1 Å². The molecule has 1 saturated heterocycles. The van der Waals surface area contributed by atoms with Crippen molar-refractivity contribution in [2.24, 2.45) is 5.92 Å². The normalized spacial score (nSPS) is 15.4. The summed E-state index contributed by atoms with van der Waals surface area (Å²) in [6.07, 6.45) is 1.60. The number of hydrogen-bond acceptors (Lipinski definition) is 4. The van der Waals surface area contributed by atoms with Crippen LogP contribution in [-0.4, -0.2) is 29.0 Å². The molecular formula is C18H21ClN4O. The van der Waals surface area contributed by atoms with Gasteiger partial charge in [0.05, 0.1) is 0 Å². The van der Waals surface area contributed by atoms with Crippen LogP contribution in [0.3, 0.4) is 0 Å². The molecule has 5 nitrogen and oxygen atoms in total. The maximum Gasteiger partial charge on any atom is 0.227 e. The van der Waals surface area contributed by atoms with Crippen molar-refractivity contribution in [1.82, 2.24) is 9.97 Å². The van der Waals surface area contributed by atoms with Gasteiger partial charge in [-0.2, -0.15) is 0 Å². The SMILES string of the molecule is Cc1cc(C)nc(N2CCC(C(=O)Nc3ccc(Cl)cc3)CC2)n1. The fraction of sp³-hybridized carbons (Fsp3) is 0.389. The van der Waals surface area contributed by atoms with Gasteiger partial charge in [-0.15, -0.1) is 0 Å². The number of nitrogens with one attached hydrogen (secondary N) is 1. The Labute approximate surface area is 147 Å². The first-order chi connectivity index (χ1) is 11.5. The van der Waals surface area contributed by atoms with Gasteiger partial charge in [-0.05, 0) is 57.0 Å². The quantitative estimate of drug-likeness (QED) is 0.924. The molecule has 0 bridgehead atoms. The predicted molar refractivity (Wildman–Crippen MR) is 96.5 cm³/mol. The highest BCUT2D eigenvalue weighted by Gasteiger charge is 2.26. The number of carbonyl (C=O) groups excluding carboxylic acids is 1. The number of rotatable bonds is 3. The number of piperidine rings is 1. The molecule has 0 spiro atoms. The molecule has 0 unspecified atom stereocenters. The number of amides is 1. The molecule has 0 atom stereocenters. The van der Waals surface area contributed by atoms with Gasteiger partial charge in [0.2, 0.25) is 11.9 Å².